The molecule has 0 aliphatic rings. The van der Waals surface area contributed by atoms with Gasteiger partial charge in [0.1, 0.15) is 5.82 Å². The van der Waals surface area contributed by atoms with Gasteiger partial charge in [-0.3, -0.25) is 0 Å². The lowest BCUT2D eigenvalue weighted by molar-refractivity contribution is 0.0463. The number of benzene rings is 1. The molecule has 5 nitrogen and oxygen atoms in total. The molecule has 0 saturated carbocycles. The Morgan fingerprint density at radius 2 is 2.05 bits per heavy atom. The van der Waals surface area contributed by atoms with Crippen LogP contribution >= 0.6 is 10.7 Å². The van der Waals surface area contributed by atoms with E-state index >= 15 is 0 Å². The average Bonchev–Trinajstić information content (AvgIpc) is 2.33. The van der Waals surface area contributed by atoms with E-state index < -0.39 is 26.4 Å². The van der Waals surface area contributed by atoms with Gasteiger partial charge in [0.05, 0.1) is 17.1 Å². The largest absolute Gasteiger partial charge is 0.462 e. The molecule has 0 radical (unpaired) electrons. The summed E-state index contributed by atoms with van der Waals surface area (Å²) in [4.78, 5) is 11.2. The van der Waals surface area contributed by atoms with Crippen molar-refractivity contribution in [1.82, 2.24) is 0 Å². The molecule has 106 valence electrons. The monoisotopic (exact) mass is 310 g/mol. The van der Waals surface area contributed by atoms with Crippen LogP contribution in [0.5, 0.6) is 0 Å². The van der Waals surface area contributed by atoms with Crippen LogP contribution in [-0.2, 0) is 18.5 Å². The van der Waals surface area contributed by atoms with Crippen molar-refractivity contribution in [2.45, 2.75) is 11.3 Å². The molecule has 0 amide bonds. The van der Waals surface area contributed by atoms with Crippen molar-refractivity contribution in [2.24, 2.45) is 0 Å². The molecular formula is C11H12ClFO5S. The molecule has 0 aromatic heterocycles. The Morgan fingerprint density at radius 3 is 2.63 bits per heavy atom. The number of hydrogen-bond donors (Lipinski definition) is 0. The number of rotatable bonds is 6. The van der Waals surface area contributed by atoms with Crippen molar-refractivity contribution in [1.29, 1.82) is 0 Å². The van der Waals surface area contributed by atoms with Crippen molar-refractivity contribution in [2.75, 3.05) is 20.3 Å². The molecule has 8 heteroatoms. The zero-order chi connectivity index (χ0) is 14.5. The van der Waals surface area contributed by atoms with Gasteiger partial charge in [-0.15, -0.1) is 0 Å². The second-order valence-corrected chi connectivity index (χ2v) is 6.13. The first kappa shape index (κ1) is 15.9. The maximum atomic E-state index is 13.4. The quantitative estimate of drug-likeness (QED) is 0.456. The van der Waals surface area contributed by atoms with E-state index in [1.807, 2.05) is 0 Å². The predicted octanol–water partition coefficient (Wildman–Crippen LogP) is 1.95. The van der Waals surface area contributed by atoms with Gasteiger partial charge in [0, 0.05) is 30.8 Å². The molecule has 0 unspecified atom stereocenters. The molecule has 19 heavy (non-hydrogen) atoms. The van der Waals surface area contributed by atoms with E-state index in [-0.39, 0.29) is 11.5 Å². The minimum Gasteiger partial charge on any atom is -0.462 e. The molecule has 0 spiro atoms. The third-order valence-corrected chi connectivity index (χ3v) is 3.52. The molecule has 0 N–H and O–H groups in total. The summed E-state index contributed by atoms with van der Waals surface area (Å²) < 4.78 is 45.1. The fourth-order valence-corrected chi connectivity index (χ4v) is 2.04. The van der Waals surface area contributed by atoms with Crippen LogP contribution in [0.3, 0.4) is 0 Å². The Labute approximate surface area is 114 Å². The van der Waals surface area contributed by atoms with Gasteiger partial charge in [-0.2, -0.15) is 0 Å². The Morgan fingerprint density at radius 1 is 1.37 bits per heavy atom. The van der Waals surface area contributed by atoms with Gasteiger partial charge in [-0.1, -0.05) is 0 Å². The fraction of sp³-hybridized carbons (Fsp3) is 0.364. The van der Waals surface area contributed by atoms with E-state index in [0.717, 1.165) is 18.2 Å². The third-order valence-electron chi connectivity index (χ3n) is 2.17. The minimum atomic E-state index is -4.03. The first-order valence-electron chi connectivity index (χ1n) is 5.26. The molecule has 0 fully saturated rings. The van der Waals surface area contributed by atoms with Gasteiger partial charge in [-0.05, 0) is 18.2 Å². The van der Waals surface area contributed by atoms with Crippen LogP contribution in [0.2, 0.25) is 0 Å². The van der Waals surface area contributed by atoms with E-state index in [1.54, 1.807) is 0 Å². The average molecular weight is 311 g/mol. The van der Waals surface area contributed by atoms with Crippen LogP contribution in [-0.4, -0.2) is 34.7 Å². The van der Waals surface area contributed by atoms with Gasteiger partial charge in [0.15, 0.2) is 0 Å². The lowest BCUT2D eigenvalue weighted by Crippen LogP contribution is -2.10. The number of hydrogen-bond acceptors (Lipinski definition) is 5. The fourth-order valence-electron chi connectivity index (χ4n) is 1.26. The van der Waals surface area contributed by atoms with Gasteiger partial charge in [0.25, 0.3) is 9.05 Å². The van der Waals surface area contributed by atoms with E-state index in [4.69, 9.17) is 20.2 Å². The molecule has 0 atom stereocenters. The highest BCUT2D eigenvalue weighted by molar-refractivity contribution is 8.13. The molecule has 1 rings (SSSR count). The summed E-state index contributed by atoms with van der Waals surface area (Å²) in [5.41, 5.74) is -0.473. The van der Waals surface area contributed by atoms with Gasteiger partial charge in [0.2, 0.25) is 0 Å². The molecule has 0 aliphatic carbocycles. The van der Waals surface area contributed by atoms with Crippen molar-refractivity contribution in [3.8, 4) is 0 Å². The Bertz CT molecular complexity index is 558. The summed E-state index contributed by atoms with van der Waals surface area (Å²) in [5.74, 6) is -1.82. The second kappa shape index (κ2) is 6.83. The van der Waals surface area contributed by atoms with E-state index in [1.165, 1.54) is 7.11 Å². The van der Waals surface area contributed by atoms with Crippen molar-refractivity contribution in [3.05, 3.63) is 29.6 Å². The van der Waals surface area contributed by atoms with Crippen molar-refractivity contribution < 1.29 is 27.1 Å². The third kappa shape index (κ3) is 4.77. The highest BCUT2D eigenvalue weighted by Gasteiger charge is 2.18. The first-order chi connectivity index (χ1) is 8.86. The zero-order valence-electron chi connectivity index (χ0n) is 10.1. The highest BCUT2D eigenvalue weighted by atomic mass is 35.7. The van der Waals surface area contributed by atoms with Crippen molar-refractivity contribution in [3.63, 3.8) is 0 Å². The van der Waals surface area contributed by atoms with Gasteiger partial charge >= 0.3 is 5.97 Å². The highest BCUT2D eigenvalue weighted by Crippen LogP contribution is 2.19. The summed E-state index contributed by atoms with van der Waals surface area (Å²) in [6, 6.07) is 2.66. The predicted molar refractivity (Wildman–Crippen MR) is 66.2 cm³/mol. The van der Waals surface area contributed by atoms with Crippen LogP contribution in [0.25, 0.3) is 0 Å². The number of carbonyl (C=O) groups excluding carboxylic acids is 1. The number of esters is 1. The number of ether oxygens (including phenoxy) is 2. The molecule has 0 saturated heterocycles. The Kier molecular flexibility index (Phi) is 5.71. The molecule has 0 bridgehead atoms. The standard InChI is InChI=1S/C11H12ClFO5S/c1-17-5-2-6-18-11(14)9-7-8(19(12,15)16)3-4-10(9)13/h3-4,7H,2,5-6H2,1H3. The number of halogens is 2. The normalized spacial score (nSPS) is 11.3. The maximum absolute atomic E-state index is 13.4. The smallest absolute Gasteiger partial charge is 0.341 e. The minimum absolute atomic E-state index is 0.0456. The van der Waals surface area contributed by atoms with Crippen molar-refractivity contribution >= 4 is 25.7 Å². The lowest BCUT2D eigenvalue weighted by Gasteiger charge is -2.06. The summed E-state index contributed by atoms with van der Waals surface area (Å²) in [6.45, 7) is 0.440. The summed E-state index contributed by atoms with van der Waals surface area (Å²) in [6.07, 6.45) is 0.456. The molecule has 0 aliphatic heterocycles. The van der Waals surface area contributed by atoms with Crippen LogP contribution < -0.4 is 0 Å². The van der Waals surface area contributed by atoms with E-state index in [0.29, 0.717) is 13.0 Å². The Balaban J connectivity index is 2.84. The van der Waals surface area contributed by atoms with Crippen LogP contribution in [0.15, 0.2) is 23.1 Å². The van der Waals surface area contributed by atoms with Gasteiger partial charge in [-0.25, -0.2) is 17.6 Å². The second-order valence-electron chi connectivity index (χ2n) is 3.56. The maximum Gasteiger partial charge on any atom is 0.341 e. The molecule has 1 aromatic rings. The summed E-state index contributed by atoms with van der Waals surface area (Å²) in [5, 5.41) is 0. The summed E-state index contributed by atoms with van der Waals surface area (Å²) >= 11 is 0. The number of carbonyl (C=O) groups is 1. The summed E-state index contributed by atoms with van der Waals surface area (Å²) in [7, 11) is 2.58. The lowest BCUT2D eigenvalue weighted by atomic mass is 10.2. The molecule has 1 aromatic carbocycles. The molecule has 0 heterocycles. The number of methoxy groups -OCH3 is 1. The first-order valence-corrected chi connectivity index (χ1v) is 7.57. The van der Waals surface area contributed by atoms with Crippen LogP contribution in [0, 0.1) is 5.82 Å². The Hall–Kier alpha value is -1.18. The molecular weight excluding hydrogens is 299 g/mol. The van der Waals surface area contributed by atoms with E-state index in [9.17, 15) is 17.6 Å². The van der Waals surface area contributed by atoms with E-state index in [2.05, 4.69) is 0 Å². The zero-order valence-corrected chi connectivity index (χ0v) is 11.6. The van der Waals surface area contributed by atoms with Gasteiger partial charge < -0.3 is 9.47 Å². The topological polar surface area (TPSA) is 69.7 Å². The van der Waals surface area contributed by atoms with Crippen LogP contribution in [0.4, 0.5) is 4.39 Å². The SMILES string of the molecule is COCCCOC(=O)c1cc(S(=O)(=O)Cl)ccc1F. The van der Waals surface area contributed by atoms with Crippen LogP contribution in [0.1, 0.15) is 16.8 Å².